The van der Waals surface area contributed by atoms with E-state index in [1.165, 1.54) is 0 Å². The second-order valence-corrected chi connectivity index (χ2v) is 8.47. The maximum atomic E-state index is 12.5. The highest BCUT2D eigenvalue weighted by Crippen LogP contribution is 2.15. The molecular weight excluding hydrogens is 310 g/mol. The third-order valence-electron chi connectivity index (χ3n) is 3.36. The molecule has 0 unspecified atom stereocenters. The Kier molecular flexibility index (Phi) is 7.00. The lowest BCUT2D eigenvalue weighted by Crippen LogP contribution is -2.63. The van der Waals surface area contributed by atoms with Crippen molar-refractivity contribution in [2.45, 2.75) is 85.0 Å². The summed E-state index contributed by atoms with van der Waals surface area (Å²) in [5.41, 5.74) is 2.69. The molecule has 1 atom stereocenters. The third kappa shape index (κ3) is 6.86. The molecule has 2 amide bonds. The van der Waals surface area contributed by atoms with Gasteiger partial charge in [0.15, 0.2) is 0 Å². The smallest absolute Gasteiger partial charge is 0.331 e. The molecule has 0 bridgehead atoms. The molecule has 0 rings (SSSR count). The van der Waals surface area contributed by atoms with E-state index in [0.717, 1.165) is 0 Å². The summed E-state index contributed by atoms with van der Waals surface area (Å²) in [5.74, 6) is -1.52. The molecule has 0 aliphatic heterocycles. The summed E-state index contributed by atoms with van der Waals surface area (Å²) < 4.78 is 5.31. The quantitative estimate of drug-likeness (QED) is 0.626. The zero-order chi connectivity index (χ0) is 19.5. The number of ether oxygens (including phenoxy) is 1. The van der Waals surface area contributed by atoms with Gasteiger partial charge in [0, 0.05) is 0 Å². The number of amides is 2. The lowest BCUT2D eigenvalue weighted by molar-refractivity contribution is -0.163. The summed E-state index contributed by atoms with van der Waals surface area (Å²) in [6, 6.07) is -0.712. The van der Waals surface area contributed by atoms with Crippen LogP contribution in [0.5, 0.6) is 0 Å². The number of hydrogen-bond acceptors (Lipinski definition) is 5. The van der Waals surface area contributed by atoms with Gasteiger partial charge in [-0.1, -0.05) is 13.8 Å². The summed E-state index contributed by atoms with van der Waals surface area (Å²) >= 11 is 0. The Hall–Kier alpha value is -1.63. The van der Waals surface area contributed by atoms with Crippen molar-refractivity contribution in [1.29, 1.82) is 0 Å². The van der Waals surface area contributed by atoms with Crippen LogP contribution in [-0.4, -0.2) is 40.5 Å². The van der Waals surface area contributed by atoms with Crippen LogP contribution in [0.2, 0.25) is 0 Å². The molecule has 4 N–H and O–H groups in total. The molecule has 0 aromatic carbocycles. The van der Waals surface area contributed by atoms with E-state index < -0.39 is 40.5 Å². The highest BCUT2D eigenvalue weighted by atomic mass is 16.6. The average Bonchev–Trinajstić information content (AvgIpc) is 2.34. The van der Waals surface area contributed by atoms with Crippen LogP contribution < -0.4 is 16.4 Å². The van der Waals surface area contributed by atoms with E-state index in [4.69, 9.17) is 10.5 Å². The maximum Gasteiger partial charge on any atom is 0.331 e. The second kappa shape index (κ2) is 7.51. The van der Waals surface area contributed by atoms with Gasteiger partial charge in [0.1, 0.15) is 16.7 Å². The molecule has 0 aliphatic rings. The van der Waals surface area contributed by atoms with Gasteiger partial charge >= 0.3 is 5.97 Å². The van der Waals surface area contributed by atoms with Gasteiger partial charge < -0.3 is 21.1 Å². The number of rotatable bonds is 6. The summed E-state index contributed by atoms with van der Waals surface area (Å²) in [5, 5.41) is 5.24. The van der Waals surface area contributed by atoms with E-state index >= 15 is 0 Å². The Morgan fingerprint density at radius 3 is 1.71 bits per heavy atom. The van der Waals surface area contributed by atoms with Crippen molar-refractivity contribution in [2.75, 3.05) is 0 Å². The molecule has 0 aromatic heterocycles. The Morgan fingerprint density at radius 2 is 1.33 bits per heavy atom. The van der Waals surface area contributed by atoms with E-state index in [9.17, 15) is 14.4 Å². The minimum Gasteiger partial charge on any atom is -0.458 e. The monoisotopic (exact) mass is 343 g/mol. The van der Waals surface area contributed by atoms with Gasteiger partial charge in [0.2, 0.25) is 11.8 Å². The zero-order valence-corrected chi connectivity index (χ0v) is 16.4. The largest absolute Gasteiger partial charge is 0.458 e. The normalized spacial score (nSPS) is 14.1. The first-order valence-corrected chi connectivity index (χ1v) is 8.13. The van der Waals surface area contributed by atoms with Crippen molar-refractivity contribution in [3.63, 3.8) is 0 Å². The molecule has 0 aromatic rings. The van der Waals surface area contributed by atoms with Gasteiger partial charge in [-0.3, -0.25) is 9.59 Å². The Bertz CT molecular complexity index is 491. The topological polar surface area (TPSA) is 111 Å². The number of carbonyl (C=O) groups is 3. The molecule has 140 valence electrons. The minimum atomic E-state index is -1.23. The van der Waals surface area contributed by atoms with Crippen molar-refractivity contribution in [2.24, 2.45) is 11.7 Å². The minimum absolute atomic E-state index is 0.0536. The molecule has 0 radical (unpaired) electrons. The first-order valence-electron chi connectivity index (χ1n) is 8.13. The highest BCUT2D eigenvalue weighted by molar-refractivity contribution is 5.95. The molecular formula is C17H33N3O4. The number of nitrogens with two attached hydrogens (primary N) is 1. The van der Waals surface area contributed by atoms with Crippen molar-refractivity contribution in [3.8, 4) is 0 Å². The number of hydrogen-bond donors (Lipinski definition) is 3. The molecule has 0 fully saturated rings. The maximum absolute atomic E-state index is 12.5. The van der Waals surface area contributed by atoms with Gasteiger partial charge in [-0.25, -0.2) is 4.79 Å². The molecule has 24 heavy (non-hydrogen) atoms. The summed E-state index contributed by atoms with van der Waals surface area (Å²) in [4.78, 5) is 36.8. The van der Waals surface area contributed by atoms with Crippen molar-refractivity contribution in [3.05, 3.63) is 0 Å². The van der Waals surface area contributed by atoms with E-state index in [-0.39, 0.29) is 5.92 Å². The summed E-state index contributed by atoms with van der Waals surface area (Å²) in [6.45, 7) is 15.1. The second-order valence-electron chi connectivity index (χ2n) is 8.47. The average molecular weight is 343 g/mol. The van der Waals surface area contributed by atoms with Crippen LogP contribution in [0.4, 0.5) is 0 Å². The molecule has 7 heteroatoms. The summed E-state index contributed by atoms with van der Waals surface area (Å²) in [6.07, 6.45) is 0. The van der Waals surface area contributed by atoms with E-state index in [1.807, 2.05) is 13.8 Å². The summed E-state index contributed by atoms with van der Waals surface area (Å²) in [7, 11) is 0. The van der Waals surface area contributed by atoms with Crippen molar-refractivity contribution >= 4 is 17.8 Å². The molecule has 0 saturated carbocycles. The molecule has 0 aliphatic carbocycles. The van der Waals surface area contributed by atoms with Gasteiger partial charge in [-0.2, -0.15) is 0 Å². The Labute approximate surface area is 145 Å². The molecule has 0 spiro atoms. The Morgan fingerprint density at radius 1 is 0.875 bits per heavy atom. The fourth-order valence-corrected chi connectivity index (χ4v) is 1.65. The molecule has 0 saturated heterocycles. The van der Waals surface area contributed by atoms with Crippen LogP contribution in [0.3, 0.4) is 0 Å². The van der Waals surface area contributed by atoms with Crippen LogP contribution in [0.1, 0.15) is 62.3 Å². The first-order chi connectivity index (χ1) is 10.5. The Balaban J connectivity index is 5.00. The molecule has 7 nitrogen and oxygen atoms in total. The van der Waals surface area contributed by atoms with E-state index in [1.54, 1.807) is 48.5 Å². The third-order valence-corrected chi connectivity index (χ3v) is 3.36. The van der Waals surface area contributed by atoms with Gasteiger partial charge in [-0.15, -0.1) is 0 Å². The number of carbonyl (C=O) groups excluding carboxylic acids is 3. The van der Waals surface area contributed by atoms with Crippen LogP contribution in [-0.2, 0) is 19.1 Å². The number of nitrogens with one attached hydrogen (secondary N) is 2. The van der Waals surface area contributed by atoms with Crippen LogP contribution >= 0.6 is 0 Å². The number of esters is 1. The van der Waals surface area contributed by atoms with Crippen molar-refractivity contribution in [1.82, 2.24) is 10.6 Å². The fourth-order valence-electron chi connectivity index (χ4n) is 1.65. The van der Waals surface area contributed by atoms with Gasteiger partial charge in [-0.05, 0) is 54.4 Å². The SMILES string of the molecule is CC(C)[C@H](N)C(=O)NC(C)(C)C(=O)NC(C)(C)C(=O)OC(C)(C)C. The fraction of sp³-hybridized carbons (Fsp3) is 0.824. The predicted molar refractivity (Wildman–Crippen MR) is 93.1 cm³/mol. The van der Waals surface area contributed by atoms with Crippen LogP contribution in [0.25, 0.3) is 0 Å². The van der Waals surface area contributed by atoms with Crippen LogP contribution in [0.15, 0.2) is 0 Å². The lowest BCUT2D eigenvalue weighted by atomic mass is 9.97. The van der Waals surface area contributed by atoms with Gasteiger partial charge in [0.25, 0.3) is 0 Å². The van der Waals surface area contributed by atoms with E-state index in [2.05, 4.69) is 10.6 Å². The zero-order valence-electron chi connectivity index (χ0n) is 16.4. The lowest BCUT2D eigenvalue weighted by Gasteiger charge is -2.33. The first kappa shape index (κ1) is 22.4. The highest BCUT2D eigenvalue weighted by Gasteiger charge is 2.39. The van der Waals surface area contributed by atoms with Gasteiger partial charge in [0.05, 0.1) is 6.04 Å². The van der Waals surface area contributed by atoms with Crippen LogP contribution in [0, 0.1) is 5.92 Å². The molecule has 0 heterocycles. The predicted octanol–water partition coefficient (Wildman–Crippen LogP) is 1.10. The standard InChI is InChI=1S/C17H33N3O4/c1-10(2)11(18)12(21)19-16(6,7)13(22)20-17(8,9)14(23)24-15(3,4)5/h10-11H,18H2,1-9H3,(H,19,21)(H,20,22)/t11-/m0/s1. The van der Waals surface area contributed by atoms with Crippen molar-refractivity contribution < 1.29 is 19.1 Å². The van der Waals surface area contributed by atoms with E-state index in [0.29, 0.717) is 0 Å².